The van der Waals surface area contributed by atoms with Crippen molar-refractivity contribution < 1.29 is 0 Å². The van der Waals surface area contributed by atoms with Crippen LogP contribution in [0.5, 0.6) is 0 Å². The number of rotatable bonds is 3. The van der Waals surface area contributed by atoms with E-state index in [0.717, 1.165) is 24.2 Å². The molecule has 1 atom stereocenters. The quantitative estimate of drug-likeness (QED) is 0.792. The molecule has 4 aliphatic carbocycles. The molecule has 4 bridgehead atoms. The molecule has 0 amide bonds. The maximum absolute atomic E-state index is 8.77. The standard InChI is InChI=1S/C14H22N2/c15-9-13(16)1-2-14-6-10-3-11(7-14)5-12(4-10)8-14/h10-13H,1-8,16H2. The number of hydrogen-bond acceptors (Lipinski definition) is 2. The highest BCUT2D eigenvalue weighted by Gasteiger charge is 2.50. The van der Waals surface area contributed by atoms with E-state index in [9.17, 15) is 0 Å². The number of hydrogen-bond donors (Lipinski definition) is 1. The van der Waals surface area contributed by atoms with E-state index in [0.29, 0.717) is 5.41 Å². The van der Waals surface area contributed by atoms with Gasteiger partial charge in [-0.2, -0.15) is 5.26 Å². The van der Waals surface area contributed by atoms with Crippen molar-refractivity contribution in [1.29, 1.82) is 5.26 Å². The molecule has 0 aromatic heterocycles. The Morgan fingerprint density at radius 2 is 1.62 bits per heavy atom. The van der Waals surface area contributed by atoms with Gasteiger partial charge in [0.05, 0.1) is 12.1 Å². The third-order valence-electron chi connectivity index (χ3n) is 5.32. The Kier molecular flexibility index (Phi) is 2.47. The predicted octanol–water partition coefficient (Wildman–Crippen LogP) is 2.83. The molecule has 0 radical (unpaired) electrons. The number of nitriles is 1. The van der Waals surface area contributed by atoms with Crippen molar-refractivity contribution in [2.45, 2.75) is 57.4 Å². The lowest BCUT2D eigenvalue weighted by molar-refractivity contribution is -0.0583. The molecule has 16 heavy (non-hydrogen) atoms. The second kappa shape index (κ2) is 3.74. The minimum Gasteiger partial charge on any atom is -0.316 e. The lowest BCUT2D eigenvalue weighted by Crippen LogP contribution is -2.46. The first kappa shape index (κ1) is 10.6. The van der Waals surface area contributed by atoms with Crippen LogP contribution in [0.4, 0.5) is 0 Å². The summed E-state index contributed by atoms with van der Waals surface area (Å²) < 4.78 is 0. The molecule has 2 heteroatoms. The van der Waals surface area contributed by atoms with Crippen LogP contribution in [0.2, 0.25) is 0 Å². The summed E-state index contributed by atoms with van der Waals surface area (Å²) in [6, 6.07) is 1.95. The second-order valence-electron chi connectivity index (χ2n) is 6.69. The van der Waals surface area contributed by atoms with E-state index in [1.807, 2.05) is 0 Å². The van der Waals surface area contributed by atoms with Gasteiger partial charge in [0.25, 0.3) is 0 Å². The largest absolute Gasteiger partial charge is 0.316 e. The fourth-order valence-electron chi connectivity index (χ4n) is 5.12. The smallest absolute Gasteiger partial charge is 0.0928 e. The minimum atomic E-state index is -0.229. The van der Waals surface area contributed by atoms with Gasteiger partial charge in [0.1, 0.15) is 0 Å². The summed E-state index contributed by atoms with van der Waals surface area (Å²) in [5.41, 5.74) is 6.34. The van der Waals surface area contributed by atoms with Gasteiger partial charge in [0.2, 0.25) is 0 Å². The first-order chi connectivity index (χ1) is 7.69. The summed E-state index contributed by atoms with van der Waals surface area (Å²) in [5.74, 6) is 3.05. The zero-order valence-electron chi connectivity index (χ0n) is 9.99. The molecule has 0 heterocycles. The molecule has 4 saturated carbocycles. The van der Waals surface area contributed by atoms with Gasteiger partial charge >= 0.3 is 0 Å². The van der Waals surface area contributed by atoms with Gasteiger partial charge in [-0.3, -0.25) is 0 Å². The van der Waals surface area contributed by atoms with Gasteiger partial charge < -0.3 is 5.73 Å². The highest BCUT2D eigenvalue weighted by molar-refractivity contribution is 5.02. The van der Waals surface area contributed by atoms with Crippen LogP contribution >= 0.6 is 0 Å². The van der Waals surface area contributed by atoms with E-state index in [1.54, 1.807) is 0 Å². The van der Waals surface area contributed by atoms with Crippen molar-refractivity contribution in [2.75, 3.05) is 0 Å². The van der Waals surface area contributed by atoms with Gasteiger partial charge in [-0.1, -0.05) is 0 Å². The first-order valence-corrected chi connectivity index (χ1v) is 6.84. The highest BCUT2D eigenvalue weighted by atomic mass is 14.6. The Balaban J connectivity index is 1.67. The van der Waals surface area contributed by atoms with E-state index >= 15 is 0 Å². The molecular formula is C14H22N2. The van der Waals surface area contributed by atoms with Crippen LogP contribution in [0.25, 0.3) is 0 Å². The minimum absolute atomic E-state index is 0.229. The Bertz CT molecular complexity index is 280. The molecule has 4 aliphatic rings. The molecule has 0 aliphatic heterocycles. The van der Waals surface area contributed by atoms with Crippen LogP contribution in [0.3, 0.4) is 0 Å². The van der Waals surface area contributed by atoms with Crippen molar-refractivity contribution >= 4 is 0 Å². The maximum Gasteiger partial charge on any atom is 0.0928 e. The molecule has 2 N–H and O–H groups in total. The van der Waals surface area contributed by atoms with Gasteiger partial charge in [0, 0.05) is 0 Å². The Labute approximate surface area is 98.2 Å². The van der Waals surface area contributed by atoms with E-state index in [4.69, 9.17) is 11.0 Å². The van der Waals surface area contributed by atoms with Gasteiger partial charge in [-0.25, -0.2) is 0 Å². The zero-order valence-corrected chi connectivity index (χ0v) is 9.99. The summed E-state index contributed by atoms with van der Waals surface area (Å²) in [6.45, 7) is 0. The topological polar surface area (TPSA) is 49.8 Å². The number of nitrogens with two attached hydrogens (primary N) is 1. The molecule has 0 aromatic carbocycles. The monoisotopic (exact) mass is 218 g/mol. The maximum atomic E-state index is 8.77. The Morgan fingerprint density at radius 1 is 1.12 bits per heavy atom. The van der Waals surface area contributed by atoms with Gasteiger partial charge in [-0.15, -0.1) is 0 Å². The molecule has 0 spiro atoms. The van der Waals surface area contributed by atoms with Crippen LogP contribution in [-0.4, -0.2) is 6.04 Å². The second-order valence-corrected chi connectivity index (χ2v) is 6.69. The van der Waals surface area contributed by atoms with Gasteiger partial charge in [-0.05, 0) is 74.5 Å². The van der Waals surface area contributed by atoms with Gasteiger partial charge in [0.15, 0.2) is 0 Å². The normalized spacial score (nSPS) is 46.6. The van der Waals surface area contributed by atoms with Crippen LogP contribution < -0.4 is 5.73 Å². The van der Waals surface area contributed by atoms with Crippen molar-refractivity contribution in [1.82, 2.24) is 0 Å². The van der Waals surface area contributed by atoms with E-state index < -0.39 is 0 Å². The molecule has 0 aromatic rings. The summed E-state index contributed by atoms with van der Waals surface area (Å²) in [7, 11) is 0. The zero-order chi connectivity index (χ0) is 11.2. The summed E-state index contributed by atoms with van der Waals surface area (Å²) in [6.07, 6.45) is 11.0. The fraction of sp³-hybridized carbons (Fsp3) is 0.929. The van der Waals surface area contributed by atoms with Crippen LogP contribution in [-0.2, 0) is 0 Å². The van der Waals surface area contributed by atoms with Crippen molar-refractivity contribution in [3.63, 3.8) is 0 Å². The van der Waals surface area contributed by atoms with Crippen LogP contribution in [0.15, 0.2) is 0 Å². The third-order valence-corrected chi connectivity index (χ3v) is 5.32. The third kappa shape index (κ3) is 1.76. The average molecular weight is 218 g/mol. The molecule has 2 nitrogen and oxygen atoms in total. The van der Waals surface area contributed by atoms with Crippen LogP contribution in [0.1, 0.15) is 51.4 Å². The van der Waals surface area contributed by atoms with Crippen molar-refractivity contribution in [2.24, 2.45) is 28.9 Å². The highest BCUT2D eigenvalue weighted by Crippen LogP contribution is 2.61. The SMILES string of the molecule is N#CC(N)CCC12CC3CC(CC(C3)C1)C2. The van der Waals surface area contributed by atoms with E-state index in [2.05, 4.69) is 6.07 Å². The first-order valence-electron chi connectivity index (χ1n) is 6.84. The number of nitrogens with zero attached hydrogens (tertiary/aromatic N) is 1. The lowest BCUT2D eigenvalue weighted by Gasteiger charge is -2.57. The van der Waals surface area contributed by atoms with E-state index in [1.165, 1.54) is 44.9 Å². The molecule has 4 fully saturated rings. The summed E-state index contributed by atoms with van der Waals surface area (Å²) in [4.78, 5) is 0. The summed E-state index contributed by atoms with van der Waals surface area (Å²) in [5, 5.41) is 8.77. The van der Waals surface area contributed by atoms with E-state index in [-0.39, 0.29) is 6.04 Å². The van der Waals surface area contributed by atoms with Crippen molar-refractivity contribution in [3.05, 3.63) is 0 Å². The Hall–Kier alpha value is -0.550. The van der Waals surface area contributed by atoms with Crippen LogP contribution in [0, 0.1) is 34.5 Å². The predicted molar refractivity (Wildman–Crippen MR) is 63.4 cm³/mol. The molecular weight excluding hydrogens is 196 g/mol. The fourth-order valence-corrected chi connectivity index (χ4v) is 5.12. The van der Waals surface area contributed by atoms with Crippen molar-refractivity contribution in [3.8, 4) is 6.07 Å². The molecule has 4 rings (SSSR count). The Morgan fingerprint density at radius 3 is 2.06 bits per heavy atom. The summed E-state index contributed by atoms with van der Waals surface area (Å²) >= 11 is 0. The lowest BCUT2D eigenvalue weighted by atomic mass is 9.48. The average Bonchev–Trinajstić information content (AvgIpc) is 2.24. The molecule has 0 saturated heterocycles. The molecule has 1 unspecified atom stereocenters. The molecule has 88 valence electrons.